The largest absolute Gasteiger partial charge is 0.497 e. The van der Waals surface area contributed by atoms with E-state index in [1.54, 1.807) is 7.11 Å². The van der Waals surface area contributed by atoms with Crippen molar-refractivity contribution < 1.29 is 4.74 Å². The van der Waals surface area contributed by atoms with Crippen LogP contribution in [-0.2, 0) is 6.42 Å². The first-order valence-electron chi connectivity index (χ1n) is 6.46. The summed E-state index contributed by atoms with van der Waals surface area (Å²) in [7, 11) is 1.72. The second-order valence-corrected chi connectivity index (χ2v) is 4.93. The maximum atomic E-state index is 5.27. The van der Waals surface area contributed by atoms with Crippen molar-refractivity contribution in [2.24, 2.45) is 4.99 Å². The number of aliphatic imine (C=N–C) groups is 1. The molecule has 3 rings (SSSR count). The summed E-state index contributed by atoms with van der Waals surface area (Å²) >= 11 is 0. The molecule has 0 fully saturated rings. The number of methoxy groups -OCH3 is 1. The number of nitrogens with zero attached hydrogens (tertiary/aromatic N) is 1. The van der Waals surface area contributed by atoms with Gasteiger partial charge in [-0.25, -0.2) is 0 Å². The summed E-state index contributed by atoms with van der Waals surface area (Å²) in [6, 6.07) is 6.84. The van der Waals surface area contributed by atoms with Crippen LogP contribution < -0.4 is 10.1 Å². The fourth-order valence-corrected chi connectivity index (χ4v) is 2.65. The van der Waals surface area contributed by atoms with Gasteiger partial charge >= 0.3 is 0 Å². The quantitative estimate of drug-likeness (QED) is 0.883. The molecule has 2 aliphatic rings. The van der Waals surface area contributed by atoms with Gasteiger partial charge in [0.05, 0.1) is 26.0 Å². The molecule has 1 aromatic carbocycles. The molecule has 1 heterocycles. The molecule has 0 bridgehead atoms. The third-order valence-electron chi connectivity index (χ3n) is 3.66. The van der Waals surface area contributed by atoms with Gasteiger partial charge in [-0.2, -0.15) is 0 Å². The number of rotatable bonds is 3. The van der Waals surface area contributed by atoms with E-state index < -0.39 is 0 Å². The van der Waals surface area contributed by atoms with Crippen molar-refractivity contribution in [3.05, 3.63) is 34.9 Å². The number of hydrogen-bond donors (Lipinski definition) is 1. The van der Waals surface area contributed by atoms with Gasteiger partial charge in [0, 0.05) is 0 Å². The second kappa shape index (κ2) is 4.84. The Morgan fingerprint density at radius 1 is 1.39 bits per heavy atom. The first-order valence-corrected chi connectivity index (χ1v) is 6.46. The normalized spacial score (nSPS) is 21.2. The van der Waals surface area contributed by atoms with E-state index in [2.05, 4.69) is 28.5 Å². The van der Waals surface area contributed by atoms with Gasteiger partial charge in [0.2, 0.25) is 0 Å². The van der Waals surface area contributed by atoms with Gasteiger partial charge < -0.3 is 10.1 Å². The summed E-state index contributed by atoms with van der Waals surface area (Å²) in [5.74, 6) is 0.955. The number of nitrogens with one attached hydrogen (secondary N) is 1. The Kier molecular flexibility index (Phi) is 3.05. The van der Waals surface area contributed by atoms with E-state index in [9.17, 15) is 0 Å². The molecule has 0 aromatic heterocycles. The standard InChI is InChI=1S/C15H18N2O/c1-18-15-5-4-12-6-11(2-3-13(12)8-15)7-14-9-16-10-17-14/h4-6,8,10,14H,2-3,7,9H2,1H3,(H,16,17). The number of ether oxygens (including phenoxy) is 1. The Labute approximate surface area is 108 Å². The van der Waals surface area contributed by atoms with Crippen LogP contribution in [0.5, 0.6) is 5.75 Å². The van der Waals surface area contributed by atoms with Crippen LogP contribution in [0.25, 0.3) is 6.08 Å². The van der Waals surface area contributed by atoms with Crippen molar-refractivity contribution in [1.29, 1.82) is 0 Å². The molecule has 3 heteroatoms. The van der Waals surface area contributed by atoms with E-state index in [4.69, 9.17) is 4.74 Å². The maximum Gasteiger partial charge on any atom is 0.119 e. The van der Waals surface area contributed by atoms with Gasteiger partial charge in [-0.05, 0) is 42.5 Å². The van der Waals surface area contributed by atoms with Crippen LogP contribution in [0.3, 0.4) is 0 Å². The Morgan fingerprint density at radius 3 is 3.11 bits per heavy atom. The monoisotopic (exact) mass is 242 g/mol. The Balaban J connectivity index is 1.76. The molecule has 1 atom stereocenters. The van der Waals surface area contributed by atoms with Gasteiger partial charge in [-0.3, -0.25) is 4.99 Å². The second-order valence-electron chi connectivity index (χ2n) is 4.93. The van der Waals surface area contributed by atoms with Crippen molar-refractivity contribution in [2.75, 3.05) is 13.7 Å². The van der Waals surface area contributed by atoms with Gasteiger partial charge in [0.25, 0.3) is 0 Å². The molecule has 3 nitrogen and oxygen atoms in total. The van der Waals surface area contributed by atoms with Crippen molar-refractivity contribution in [2.45, 2.75) is 25.3 Å². The summed E-state index contributed by atoms with van der Waals surface area (Å²) in [5, 5.41) is 3.29. The van der Waals surface area contributed by atoms with Crippen LogP contribution in [0.1, 0.15) is 24.0 Å². The van der Waals surface area contributed by atoms with Crippen LogP contribution in [0.2, 0.25) is 0 Å². The van der Waals surface area contributed by atoms with Gasteiger partial charge in [0.1, 0.15) is 5.75 Å². The minimum atomic E-state index is 0.496. The molecular formula is C15H18N2O. The fourth-order valence-electron chi connectivity index (χ4n) is 2.65. The zero-order valence-corrected chi connectivity index (χ0v) is 10.6. The predicted octanol–water partition coefficient (Wildman–Crippen LogP) is 2.42. The lowest BCUT2D eigenvalue weighted by atomic mass is 9.89. The molecular weight excluding hydrogens is 224 g/mol. The molecule has 0 amide bonds. The molecule has 1 aliphatic carbocycles. The van der Waals surface area contributed by atoms with Crippen LogP contribution in [0.15, 0.2) is 28.8 Å². The van der Waals surface area contributed by atoms with Crippen LogP contribution in [0, 0.1) is 0 Å². The lowest BCUT2D eigenvalue weighted by molar-refractivity contribution is 0.414. The molecule has 0 spiro atoms. The minimum Gasteiger partial charge on any atom is -0.497 e. The van der Waals surface area contributed by atoms with Crippen molar-refractivity contribution >= 4 is 12.4 Å². The molecule has 1 N–H and O–H groups in total. The third kappa shape index (κ3) is 2.26. The number of hydrogen-bond acceptors (Lipinski definition) is 3. The maximum absolute atomic E-state index is 5.27. The van der Waals surface area contributed by atoms with E-state index in [0.29, 0.717) is 6.04 Å². The lowest BCUT2D eigenvalue weighted by Crippen LogP contribution is -2.25. The average molecular weight is 242 g/mol. The first kappa shape index (κ1) is 11.3. The lowest BCUT2D eigenvalue weighted by Gasteiger charge is -2.19. The highest BCUT2D eigenvalue weighted by molar-refractivity contribution is 5.62. The molecule has 0 saturated heterocycles. The zero-order valence-electron chi connectivity index (χ0n) is 10.6. The highest BCUT2D eigenvalue weighted by Crippen LogP contribution is 2.29. The smallest absolute Gasteiger partial charge is 0.119 e. The molecule has 1 aliphatic heterocycles. The zero-order chi connectivity index (χ0) is 12.4. The van der Waals surface area contributed by atoms with Crippen molar-refractivity contribution in [3.63, 3.8) is 0 Å². The summed E-state index contributed by atoms with van der Waals surface area (Å²) in [5.41, 5.74) is 4.26. The molecule has 18 heavy (non-hydrogen) atoms. The number of benzene rings is 1. The number of aryl methyl sites for hydroxylation is 1. The molecule has 94 valence electrons. The van der Waals surface area contributed by atoms with Crippen molar-refractivity contribution in [3.8, 4) is 5.75 Å². The Morgan fingerprint density at radius 2 is 2.33 bits per heavy atom. The van der Waals surface area contributed by atoms with Gasteiger partial charge in [-0.15, -0.1) is 0 Å². The summed E-state index contributed by atoms with van der Waals surface area (Å²) in [4.78, 5) is 4.22. The number of fused-ring (bicyclic) bond motifs is 1. The van der Waals surface area contributed by atoms with Crippen LogP contribution >= 0.6 is 0 Å². The van der Waals surface area contributed by atoms with E-state index in [1.165, 1.54) is 16.7 Å². The van der Waals surface area contributed by atoms with Crippen LogP contribution in [0.4, 0.5) is 0 Å². The topological polar surface area (TPSA) is 33.6 Å². The first-order chi connectivity index (χ1) is 8.85. The minimum absolute atomic E-state index is 0.496. The SMILES string of the molecule is COc1ccc2c(c1)CCC(CC1CN=CN1)=C2. The van der Waals surface area contributed by atoms with Crippen LogP contribution in [-0.4, -0.2) is 26.0 Å². The van der Waals surface area contributed by atoms with E-state index in [-0.39, 0.29) is 0 Å². The Bertz CT molecular complexity index is 497. The molecule has 1 unspecified atom stereocenters. The average Bonchev–Trinajstić information content (AvgIpc) is 2.91. The Hall–Kier alpha value is -1.77. The molecule has 0 saturated carbocycles. The van der Waals surface area contributed by atoms with E-state index >= 15 is 0 Å². The van der Waals surface area contributed by atoms with Gasteiger partial charge in [0.15, 0.2) is 0 Å². The summed E-state index contributed by atoms with van der Waals surface area (Å²) < 4.78 is 5.27. The highest BCUT2D eigenvalue weighted by atomic mass is 16.5. The summed E-state index contributed by atoms with van der Waals surface area (Å²) in [6.45, 7) is 0.910. The van der Waals surface area contributed by atoms with Crippen molar-refractivity contribution in [1.82, 2.24) is 5.32 Å². The third-order valence-corrected chi connectivity index (χ3v) is 3.66. The predicted molar refractivity (Wildman–Crippen MR) is 74.2 cm³/mol. The van der Waals surface area contributed by atoms with E-state index in [1.807, 2.05) is 12.4 Å². The molecule has 0 radical (unpaired) electrons. The van der Waals surface area contributed by atoms with Gasteiger partial charge in [-0.1, -0.05) is 17.7 Å². The summed E-state index contributed by atoms with van der Waals surface area (Å²) in [6.07, 6.45) is 7.53. The fraction of sp³-hybridized carbons (Fsp3) is 0.400. The van der Waals surface area contributed by atoms with E-state index in [0.717, 1.165) is 31.6 Å². The molecule has 1 aromatic rings. The highest BCUT2D eigenvalue weighted by Gasteiger charge is 2.16.